The third-order valence-electron chi connectivity index (χ3n) is 2.34. The van der Waals surface area contributed by atoms with Gasteiger partial charge in [-0.2, -0.15) is 0 Å². The smallest absolute Gasteiger partial charge is 0.185 e. The van der Waals surface area contributed by atoms with Gasteiger partial charge in [-0.1, -0.05) is 12.1 Å². The Morgan fingerprint density at radius 2 is 1.94 bits per heavy atom. The van der Waals surface area contributed by atoms with E-state index >= 15 is 0 Å². The molecule has 3 nitrogen and oxygen atoms in total. The Morgan fingerprint density at radius 1 is 1.24 bits per heavy atom. The van der Waals surface area contributed by atoms with Gasteiger partial charge in [-0.3, -0.25) is 4.79 Å². The van der Waals surface area contributed by atoms with Gasteiger partial charge >= 0.3 is 0 Å². The van der Waals surface area contributed by atoms with E-state index in [2.05, 4.69) is 32.6 Å². The molecular weight excluding hydrogens is 327 g/mol. The monoisotopic (exact) mass is 338 g/mol. The van der Waals surface area contributed by atoms with E-state index in [9.17, 15) is 4.79 Å². The summed E-state index contributed by atoms with van der Waals surface area (Å²) in [6, 6.07) is 9.58. The van der Waals surface area contributed by atoms with Crippen LogP contribution >= 0.6 is 22.6 Å². The van der Waals surface area contributed by atoms with Gasteiger partial charge in [-0.25, -0.2) is 9.97 Å². The molecule has 0 atom stereocenters. The van der Waals surface area contributed by atoms with Crippen molar-refractivity contribution in [2.75, 3.05) is 0 Å². The Morgan fingerprint density at radius 3 is 2.59 bits per heavy atom. The minimum absolute atomic E-state index is 0.0247. The summed E-state index contributed by atoms with van der Waals surface area (Å²) >= 11 is 2.24. The van der Waals surface area contributed by atoms with Crippen molar-refractivity contribution in [2.24, 2.45) is 0 Å². The zero-order chi connectivity index (χ0) is 12.3. The molecule has 4 heteroatoms. The molecule has 0 bridgehead atoms. The lowest BCUT2D eigenvalue weighted by Gasteiger charge is -2.01. The number of carbonyl (C=O) groups is 1. The fraction of sp³-hybridized carbons (Fsp3) is 0.154. The lowest BCUT2D eigenvalue weighted by atomic mass is 10.1. The number of hydrogen-bond donors (Lipinski definition) is 0. The molecule has 0 fully saturated rings. The van der Waals surface area contributed by atoms with Crippen LogP contribution < -0.4 is 0 Å². The SMILES string of the molecule is Cc1nccc(C(=O)Cc2ccc(I)cc2)n1. The zero-order valence-corrected chi connectivity index (χ0v) is 11.5. The summed E-state index contributed by atoms with van der Waals surface area (Å²) in [6.45, 7) is 1.78. The van der Waals surface area contributed by atoms with E-state index in [0.29, 0.717) is 17.9 Å². The Labute approximate surface area is 113 Å². The molecule has 0 aliphatic heterocycles. The second-order valence-corrected chi connectivity index (χ2v) is 4.96. The number of aryl methyl sites for hydroxylation is 1. The Balaban J connectivity index is 2.14. The predicted molar refractivity (Wildman–Crippen MR) is 74.0 cm³/mol. The van der Waals surface area contributed by atoms with Gasteiger partial charge in [0, 0.05) is 16.2 Å². The molecule has 0 amide bonds. The van der Waals surface area contributed by atoms with Gasteiger partial charge in [-0.15, -0.1) is 0 Å². The van der Waals surface area contributed by atoms with Gasteiger partial charge in [0.1, 0.15) is 11.5 Å². The number of halogens is 1. The topological polar surface area (TPSA) is 42.9 Å². The Bertz CT molecular complexity index is 537. The molecular formula is C13H11IN2O. The molecule has 0 N–H and O–H groups in total. The molecule has 1 aromatic carbocycles. The average molecular weight is 338 g/mol. The number of benzene rings is 1. The van der Waals surface area contributed by atoms with Crippen molar-refractivity contribution in [1.29, 1.82) is 0 Å². The lowest BCUT2D eigenvalue weighted by Crippen LogP contribution is -2.07. The fourth-order valence-corrected chi connectivity index (χ4v) is 1.85. The van der Waals surface area contributed by atoms with Crippen LogP contribution in [0.4, 0.5) is 0 Å². The molecule has 0 radical (unpaired) electrons. The van der Waals surface area contributed by atoms with Gasteiger partial charge in [0.2, 0.25) is 0 Å². The molecule has 1 heterocycles. The van der Waals surface area contributed by atoms with Crippen LogP contribution in [0.1, 0.15) is 21.9 Å². The van der Waals surface area contributed by atoms with Crippen molar-refractivity contribution in [3.63, 3.8) is 0 Å². The number of nitrogens with zero attached hydrogens (tertiary/aromatic N) is 2. The summed E-state index contributed by atoms with van der Waals surface area (Å²) in [7, 11) is 0. The highest BCUT2D eigenvalue weighted by Crippen LogP contribution is 2.09. The number of hydrogen-bond acceptors (Lipinski definition) is 3. The minimum Gasteiger partial charge on any atom is -0.292 e. The van der Waals surface area contributed by atoms with E-state index in [1.54, 1.807) is 19.2 Å². The zero-order valence-electron chi connectivity index (χ0n) is 9.35. The minimum atomic E-state index is 0.0247. The van der Waals surface area contributed by atoms with Crippen molar-refractivity contribution in [2.45, 2.75) is 13.3 Å². The fourth-order valence-electron chi connectivity index (χ4n) is 1.49. The molecule has 0 spiro atoms. The van der Waals surface area contributed by atoms with Crippen LogP contribution in [0, 0.1) is 10.5 Å². The molecule has 0 aliphatic rings. The number of rotatable bonds is 3. The largest absolute Gasteiger partial charge is 0.292 e. The van der Waals surface area contributed by atoms with Crippen molar-refractivity contribution < 1.29 is 4.79 Å². The number of Topliss-reactive ketones (excluding diaryl/α,β-unsaturated/α-hetero) is 1. The van der Waals surface area contributed by atoms with Crippen LogP contribution in [0.2, 0.25) is 0 Å². The third kappa shape index (κ3) is 3.33. The lowest BCUT2D eigenvalue weighted by molar-refractivity contribution is 0.0988. The van der Waals surface area contributed by atoms with Crippen LogP contribution in [0.3, 0.4) is 0 Å². The molecule has 2 aromatic rings. The second kappa shape index (κ2) is 5.35. The van der Waals surface area contributed by atoms with E-state index in [1.807, 2.05) is 24.3 Å². The first-order valence-electron chi connectivity index (χ1n) is 5.22. The predicted octanol–water partition coefficient (Wildman–Crippen LogP) is 2.82. The Hall–Kier alpha value is -1.30. The van der Waals surface area contributed by atoms with E-state index < -0.39 is 0 Å². The van der Waals surface area contributed by atoms with Crippen LogP contribution in [0.15, 0.2) is 36.5 Å². The number of aromatic nitrogens is 2. The molecule has 17 heavy (non-hydrogen) atoms. The van der Waals surface area contributed by atoms with Crippen molar-refractivity contribution >= 4 is 28.4 Å². The molecule has 2 rings (SSSR count). The maximum absolute atomic E-state index is 12.0. The maximum Gasteiger partial charge on any atom is 0.185 e. The van der Waals surface area contributed by atoms with Gasteiger partial charge in [-0.05, 0) is 53.3 Å². The molecule has 0 saturated carbocycles. The summed E-state index contributed by atoms with van der Waals surface area (Å²) in [5, 5.41) is 0. The maximum atomic E-state index is 12.0. The molecule has 1 aromatic heterocycles. The van der Waals surface area contributed by atoms with Crippen LogP contribution in [0.5, 0.6) is 0 Å². The van der Waals surface area contributed by atoms with Gasteiger partial charge in [0.25, 0.3) is 0 Å². The summed E-state index contributed by atoms with van der Waals surface area (Å²) in [4.78, 5) is 20.1. The van der Waals surface area contributed by atoms with Gasteiger partial charge < -0.3 is 0 Å². The van der Waals surface area contributed by atoms with Gasteiger partial charge in [0.05, 0.1) is 0 Å². The standard InChI is InChI=1S/C13H11IN2O/c1-9-15-7-6-12(16-9)13(17)8-10-2-4-11(14)5-3-10/h2-7H,8H2,1H3. The van der Waals surface area contributed by atoms with E-state index in [-0.39, 0.29) is 5.78 Å². The first-order chi connectivity index (χ1) is 8.15. The van der Waals surface area contributed by atoms with Crippen LogP contribution in [0.25, 0.3) is 0 Å². The van der Waals surface area contributed by atoms with Gasteiger partial charge in [0.15, 0.2) is 5.78 Å². The second-order valence-electron chi connectivity index (χ2n) is 3.72. The highest BCUT2D eigenvalue weighted by atomic mass is 127. The number of ketones is 1. The van der Waals surface area contributed by atoms with Crippen LogP contribution in [-0.2, 0) is 6.42 Å². The molecule has 0 saturated heterocycles. The average Bonchev–Trinajstić information content (AvgIpc) is 2.32. The number of carbonyl (C=O) groups excluding carboxylic acids is 1. The van der Waals surface area contributed by atoms with Crippen molar-refractivity contribution in [1.82, 2.24) is 9.97 Å². The van der Waals surface area contributed by atoms with E-state index in [0.717, 1.165) is 9.13 Å². The highest BCUT2D eigenvalue weighted by molar-refractivity contribution is 14.1. The summed E-state index contributed by atoms with van der Waals surface area (Å²) in [5.41, 5.74) is 1.49. The summed E-state index contributed by atoms with van der Waals surface area (Å²) < 4.78 is 1.16. The molecule has 0 unspecified atom stereocenters. The first-order valence-corrected chi connectivity index (χ1v) is 6.30. The normalized spacial score (nSPS) is 10.2. The molecule has 86 valence electrons. The Kier molecular flexibility index (Phi) is 3.83. The highest BCUT2D eigenvalue weighted by Gasteiger charge is 2.08. The van der Waals surface area contributed by atoms with E-state index in [1.165, 1.54) is 0 Å². The van der Waals surface area contributed by atoms with E-state index in [4.69, 9.17) is 0 Å². The van der Waals surface area contributed by atoms with Crippen LogP contribution in [-0.4, -0.2) is 15.8 Å². The summed E-state index contributed by atoms with van der Waals surface area (Å²) in [6.07, 6.45) is 2.00. The first kappa shape index (κ1) is 12.2. The van der Waals surface area contributed by atoms with Crippen molar-refractivity contribution in [3.05, 3.63) is 57.2 Å². The quantitative estimate of drug-likeness (QED) is 0.639. The molecule has 0 aliphatic carbocycles. The van der Waals surface area contributed by atoms with Crippen molar-refractivity contribution in [3.8, 4) is 0 Å². The third-order valence-corrected chi connectivity index (χ3v) is 3.06. The summed E-state index contributed by atoms with van der Waals surface area (Å²) in [5.74, 6) is 0.648.